The standard InChI is InChI=1S/C20H18N2OS2/c1-15-10-12-17(13-11-15)21-14-22-19(23)18(25-20(22)24)9-5-8-16-6-3-2-4-7-16/h2-13,21H,14H2,1H3. The minimum absolute atomic E-state index is 0.0627. The van der Waals surface area contributed by atoms with E-state index in [0.29, 0.717) is 15.9 Å². The molecule has 1 fully saturated rings. The zero-order valence-corrected chi connectivity index (χ0v) is 15.4. The van der Waals surface area contributed by atoms with Gasteiger partial charge < -0.3 is 5.32 Å². The summed E-state index contributed by atoms with van der Waals surface area (Å²) in [5.74, 6) is -0.0627. The fourth-order valence-corrected chi connectivity index (χ4v) is 3.51. The highest BCUT2D eigenvalue weighted by Crippen LogP contribution is 2.30. The van der Waals surface area contributed by atoms with Crippen LogP contribution >= 0.6 is 24.0 Å². The highest BCUT2D eigenvalue weighted by atomic mass is 32.2. The molecule has 0 atom stereocenters. The van der Waals surface area contributed by atoms with E-state index >= 15 is 0 Å². The highest BCUT2D eigenvalue weighted by Gasteiger charge is 2.31. The van der Waals surface area contributed by atoms with Crippen LogP contribution in [0.15, 0.2) is 71.7 Å². The molecule has 3 rings (SSSR count). The van der Waals surface area contributed by atoms with E-state index in [1.54, 1.807) is 4.90 Å². The number of carbonyl (C=O) groups is 1. The second kappa shape index (κ2) is 8.14. The molecule has 0 aromatic heterocycles. The van der Waals surface area contributed by atoms with Crippen molar-refractivity contribution in [2.45, 2.75) is 6.92 Å². The number of amides is 1. The Morgan fingerprint density at radius 1 is 1.12 bits per heavy atom. The average molecular weight is 367 g/mol. The fraction of sp³-hybridized carbons (Fsp3) is 0.100. The predicted octanol–water partition coefficient (Wildman–Crippen LogP) is 4.82. The van der Waals surface area contributed by atoms with Crippen molar-refractivity contribution in [3.05, 3.63) is 82.8 Å². The van der Waals surface area contributed by atoms with Gasteiger partial charge in [-0.05, 0) is 30.7 Å². The quantitative estimate of drug-likeness (QED) is 0.607. The van der Waals surface area contributed by atoms with Crippen LogP contribution in [0.1, 0.15) is 11.1 Å². The predicted molar refractivity (Wildman–Crippen MR) is 110 cm³/mol. The van der Waals surface area contributed by atoms with E-state index in [4.69, 9.17) is 12.2 Å². The maximum absolute atomic E-state index is 12.5. The third-order valence-electron chi connectivity index (χ3n) is 3.70. The van der Waals surface area contributed by atoms with Crippen LogP contribution in [0, 0.1) is 6.92 Å². The van der Waals surface area contributed by atoms with Crippen molar-refractivity contribution in [2.24, 2.45) is 0 Å². The van der Waals surface area contributed by atoms with Gasteiger partial charge in [-0.25, -0.2) is 0 Å². The summed E-state index contributed by atoms with van der Waals surface area (Å²) in [6.45, 7) is 2.41. The Hall–Kier alpha value is -2.37. The highest BCUT2D eigenvalue weighted by molar-refractivity contribution is 8.26. The smallest absolute Gasteiger partial charge is 0.267 e. The number of benzene rings is 2. The van der Waals surface area contributed by atoms with Crippen LogP contribution in [0.5, 0.6) is 0 Å². The van der Waals surface area contributed by atoms with Gasteiger partial charge in [-0.1, -0.05) is 84.2 Å². The Kier molecular flexibility index (Phi) is 5.68. The van der Waals surface area contributed by atoms with Crippen LogP contribution in [0.3, 0.4) is 0 Å². The monoisotopic (exact) mass is 366 g/mol. The number of carbonyl (C=O) groups excluding carboxylic acids is 1. The van der Waals surface area contributed by atoms with Crippen LogP contribution in [0.25, 0.3) is 6.08 Å². The largest absolute Gasteiger partial charge is 0.367 e. The number of aryl methyl sites for hydroxylation is 1. The van der Waals surface area contributed by atoms with Gasteiger partial charge in [0.1, 0.15) is 4.32 Å². The lowest BCUT2D eigenvalue weighted by Crippen LogP contribution is -2.33. The van der Waals surface area contributed by atoms with E-state index in [-0.39, 0.29) is 5.91 Å². The molecular formula is C20H18N2OS2. The van der Waals surface area contributed by atoms with Gasteiger partial charge in [-0.15, -0.1) is 0 Å². The number of allylic oxidation sites excluding steroid dienone is 2. The van der Waals surface area contributed by atoms with Gasteiger partial charge in [0.05, 0.1) is 11.6 Å². The number of nitrogens with zero attached hydrogens (tertiary/aromatic N) is 1. The molecule has 1 heterocycles. The van der Waals surface area contributed by atoms with Crippen LogP contribution in [0.2, 0.25) is 0 Å². The van der Waals surface area contributed by atoms with Crippen molar-refractivity contribution in [3.8, 4) is 0 Å². The molecule has 1 amide bonds. The average Bonchev–Trinajstić information content (AvgIpc) is 2.89. The third kappa shape index (κ3) is 4.59. The van der Waals surface area contributed by atoms with Crippen LogP contribution in [0.4, 0.5) is 5.69 Å². The number of nitrogens with one attached hydrogen (secondary N) is 1. The summed E-state index contributed by atoms with van der Waals surface area (Å²) in [6, 6.07) is 18.0. The van der Waals surface area contributed by atoms with Gasteiger partial charge in [-0.3, -0.25) is 9.69 Å². The van der Waals surface area contributed by atoms with Crippen LogP contribution in [-0.4, -0.2) is 21.8 Å². The molecule has 3 nitrogen and oxygen atoms in total. The van der Waals surface area contributed by atoms with Gasteiger partial charge in [-0.2, -0.15) is 0 Å². The lowest BCUT2D eigenvalue weighted by Gasteiger charge is -2.16. The molecular weight excluding hydrogens is 348 g/mol. The fourth-order valence-electron chi connectivity index (χ4n) is 2.30. The van der Waals surface area contributed by atoms with Crippen molar-refractivity contribution in [3.63, 3.8) is 0 Å². The van der Waals surface area contributed by atoms with Crippen LogP contribution < -0.4 is 5.32 Å². The minimum Gasteiger partial charge on any atom is -0.367 e. The van der Waals surface area contributed by atoms with Crippen molar-refractivity contribution in [2.75, 3.05) is 12.0 Å². The number of thiocarbonyl (C=S) groups is 1. The summed E-state index contributed by atoms with van der Waals surface area (Å²) < 4.78 is 0.573. The lowest BCUT2D eigenvalue weighted by atomic mass is 10.2. The molecule has 2 aromatic rings. The number of rotatable bonds is 5. The van der Waals surface area contributed by atoms with Crippen molar-refractivity contribution in [1.82, 2.24) is 4.90 Å². The molecule has 0 aliphatic carbocycles. The Morgan fingerprint density at radius 3 is 2.56 bits per heavy atom. The van der Waals surface area contributed by atoms with E-state index in [1.165, 1.54) is 17.3 Å². The zero-order chi connectivity index (χ0) is 17.6. The molecule has 1 aliphatic heterocycles. The number of hydrogen-bond acceptors (Lipinski definition) is 4. The summed E-state index contributed by atoms with van der Waals surface area (Å²) in [5, 5.41) is 3.24. The first kappa shape index (κ1) is 17.5. The molecule has 2 aromatic carbocycles. The topological polar surface area (TPSA) is 32.3 Å². The number of thioether (sulfide) groups is 1. The second-order valence-corrected chi connectivity index (χ2v) is 7.28. The number of anilines is 1. The summed E-state index contributed by atoms with van der Waals surface area (Å²) in [6.07, 6.45) is 5.67. The summed E-state index contributed by atoms with van der Waals surface area (Å²) in [7, 11) is 0. The Bertz CT molecular complexity index is 827. The first-order chi connectivity index (χ1) is 12.1. The molecule has 0 spiro atoms. The molecule has 1 aliphatic rings. The van der Waals surface area contributed by atoms with Gasteiger partial charge in [0, 0.05) is 5.69 Å². The SMILES string of the molecule is Cc1ccc(NCN2C(=O)C(=CC=Cc3ccccc3)SC2=S)cc1. The van der Waals surface area contributed by atoms with E-state index < -0.39 is 0 Å². The van der Waals surface area contributed by atoms with Crippen LogP contribution in [-0.2, 0) is 4.79 Å². The normalized spacial score (nSPS) is 16.2. The van der Waals surface area contributed by atoms with Crippen molar-refractivity contribution < 1.29 is 4.79 Å². The third-order valence-corrected chi connectivity index (χ3v) is 5.10. The van der Waals surface area contributed by atoms with Gasteiger partial charge in [0.25, 0.3) is 5.91 Å². The molecule has 1 N–H and O–H groups in total. The lowest BCUT2D eigenvalue weighted by molar-refractivity contribution is -0.121. The van der Waals surface area contributed by atoms with E-state index in [9.17, 15) is 4.79 Å². The number of hydrogen-bond donors (Lipinski definition) is 1. The van der Waals surface area contributed by atoms with Crippen molar-refractivity contribution in [1.29, 1.82) is 0 Å². The van der Waals surface area contributed by atoms with Gasteiger partial charge in [0.2, 0.25) is 0 Å². The van der Waals surface area contributed by atoms with E-state index in [2.05, 4.69) is 5.32 Å². The summed E-state index contributed by atoms with van der Waals surface area (Å²) in [4.78, 5) is 14.7. The van der Waals surface area contributed by atoms with E-state index in [0.717, 1.165) is 11.3 Å². The maximum Gasteiger partial charge on any atom is 0.267 e. The molecule has 0 saturated carbocycles. The Morgan fingerprint density at radius 2 is 1.84 bits per heavy atom. The Balaban J connectivity index is 1.62. The molecule has 5 heteroatoms. The molecule has 0 radical (unpaired) electrons. The first-order valence-electron chi connectivity index (χ1n) is 7.91. The minimum atomic E-state index is -0.0627. The zero-order valence-electron chi connectivity index (χ0n) is 13.8. The van der Waals surface area contributed by atoms with Gasteiger partial charge in [0.15, 0.2) is 0 Å². The molecule has 126 valence electrons. The molecule has 0 bridgehead atoms. The van der Waals surface area contributed by atoms with Gasteiger partial charge >= 0.3 is 0 Å². The summed E-state index contributed by atoms with van der Waals surface area (Å²) >= 11 is 6.67. The first-order valence-corrected chi connectivity index (χ1v) is 9.13. The van der Waals surface area contributed by atoms with Crippen molar-refractivity contribution >= 4 is 46.0 Å². The molecule has 0 unspecified atom stereocenters. The second-order valence-electron chi connectivity index (χ2n) is 5.60. The Labute approximate surface area is 157 Å². The van der Waals surface area contributed by atoms with E-state index in [1.807, 2.05) is 79.7 Å². The summed E-state index contributed by atoms with van der Waals surface area (Å²) in [5.41, 5.74) is 3.26. The molecule has 1 saturated heterocycles. The maximum atomic E-state index is 12.5. The molecule has 25 heavy (non-hydrogen) atoms.